The third-order valence-corrected chi connectivity index (χ3v) is 18.5. The highest BCUT2D eigenvalue weighted by Crippen LogP contribution is 2.53. The van der Waals surface area contributed by atoms with E-state index in [2.05, 4.69) is 45.9 Å². The predicted molar refractivity (Wildman–Crippen MR) is 307 cm³/mol. The fourth-order valence-electron chi connectivity index (χ4n) is 9.98. The van der Waals surface area contributed by atoms with Crippen LogP contribution in [0, 0.1) is 25.5 Å². The van der Waals surface area contributed by atoms with E-state index in [0.29, 0.717) is 40.5 Å². The number of aryl methyl sites for hydroxylation is 3. The summed E-state index contributed by atoms with van der Waals surface area (Å²) < 4.78 is 49.4. The lowest BCUT2D eigenvalue weighted by atomic mass is 10.0. The predicted octanol–water partition coefficient (Wildman–Crippen LogP) is 21.6. The van der Waals surface area contributed by atoms with E-state index in [1.165, 1.54) is 182 Å². The van der Waals surface area contributed by atoms with Gasteiger partial charge < -0.3 is 9.47 Å². The zero-order chi connectivity index (χ0) is 49.8. The molecule has 0 amide bonds. The number of halogens is 2. The van der Waals surface area contributed by atoms with Gasteiger partial charge in [0.25, 0.3) is 0 Å². The molecule has 0 spiro atoms. The quantitative estimate of drug-likeness (QED) is 0.0367. The summed E-state index contributed by atoms with van der Waals surface area (Å²) in [6, 6.07) is 12.3. The van der Waals surface area contributed by atoms with Crippen LogP contribution in [0.2, 0.25) is 0 Å². The van der Waals surface area contributed by atoms with Crippen molar-refractivity contribution in [1.29, 1.82) is 0 Å². The van der Waals surface area contributed by atoms with Crippen LogP contribution in [0.1, 0.15) is 210 Å². The molecule has 0 aliphatic heterocycles. The van der Waals surface area contributed by atoms with E-state index in [1.807, 2.05) is 25.1 Å². The highest BCUT2D eigenvalue weighted by Gasteiger charge is 2.28. The molecule has 71 heavy (non-hydrogen) atoms. The molecule has 0 bridgehead atoms. The molecule has 0 unspecified atom stereocenters. The lowest BCUT2D eigenvalue weighted by molar-refractivity contribution is 0.307. The molecule has 0 fully saturated rings. The van der Waals surface area contributed by atoms with Gasteiger partial charge in [-0.05, 0) is 69.5 Å². The van der Waals surface area contributed by atoms with Gasteiger partial charge in [0.15, 0.2) is 11.6 Å². The summed E-state index contributed by atoms with van der Waals surface area (Å²) in [6.07, 6.45) is 35.1. The summed E-state index contributed by atoms with van der Waals surface area (Å²) in [6.45, 7) is 12.9. The van der Waals surface area contributed by atoms with Crippen molar-refractivity contribution in [2.75, 3.05) is 13.2 Å². The van der Waals surface area contributed by atoms with Crippen molar-refractivity contribution in [2.24, 2.45) is 0 Å². The van der Waals surface area contributed by atoms with Gasteiger partial charge in [0.2, 0.25) is 0 Å². The van der Waals surface area contributed by atoms with E-state index in [0.717, 1.165) is 72.0 Å². The van der Waals surface area contributed by atoms with Crippen molar-refractivity contribution >= 4 is 76.6 Å². The number of ether oxygens (including phenoxy) is 2. The van der Waals surface area contributed by atoms with Gasteiger partial charge in [0, 0.05) is 40.0 Å². The van der Waals surface area contributed by atoms with E-state index in [-0.39, 0.29) is 11.1 Å². The van der Waals surface area contributed by atoms with Crippen molar-refractivity contribution in [3.05, 3.63) is 57.8 Å². The first kappa shape index (κ1) is 55.4. The minimum Gasteiger partial charge on any atom is -0.491 e. The summed E-state index contributed by atoms with van der Waals surface area (Å²) >= 11 is 6.43. The Morgan fingerprint density at radius 2 is 0.831 bits per heavy atom. The Kier molecular flexibility index (Phi) is 23.0. The summed E-state index contributed by atoms with van der Waals surface area (Å²) in [5.41, 5.74) is 1.23. The van der Waals surface area contributed by atoms with Crippen molar-refractivity contribution in [1.82, 2.24) is 15.0 Å². The third-order valence-electron chi connectivity index (χ3n) is 14.0. The van der Waals surface area contributed by atoms with Gasteiger partial charge in [0.1, 0.15) is 22.5 Å². The molecule has 0 aliphatic carbocycles. The first-order valence-corrected chi connectivity index (χ1v) is 31.3. The number of rotatable bonds is 36. The lowest BCUT2D eigenvalue weighted by Gasteiger charge is -2.14. The fourth-order valence-corrected chi connectivity index (χ4v) is 14.2. The number of fused-ring (bicyclic) bond motifs is 3. The summed E-state index contributed by atoms with van der Waals surface area (Å²) in [5.74, 6) is 0.141. The average molecular weight is 1040 g/mol. The molecule has 0 aliphatic rings. The molecule has 2 aromatic carbocycles. The number of aromatic nitrogens is 3. The Labute approximate surface area is 441 Å². The van der Waals surface area contributed by atoms with Gasteiger partial charge in [-0.1, -0.05) is 181 Å². The Hall–Kier alpha value is -3.38. The number of hydrogen-bond donors (Lipinski definition) is 0. The highest BCUT2D eigenvalue weighted by molar-refractivity contribution is 7.27. The summed E-state index contributed by atoms with van der Waals surface area (Å²) in [7, 11) is 0. The fraction of sp³-hybridized carbons (Fsp3) is 0.600. The molecular formula is C60H83F2N3O2S4. The smallest absolute Gasteiger partial charge is 0.170 e. The van der Waals surface area contributed by atoms with Gasteiger partial charge in [-0.3, -0.25) is 0 Å². The van der Waals surface area contributed by atoms with Crippen molar-refractivity contribution in [3.8, 4) is 42.1 Å². The van der Waals surface area contributed by atoms with Gasteiger partial charge in [-0.2, -0.15) is 15.0 Å². The molecule has 0 atom stereocenters. The van der Waals surface area contributed by atoms with Crippen LogP contribution in [0.5, 0.6) is 11.5 Å². The highest BCUT2D eigenvalue weighted by atomic mass is 32.1. The molecule has 0 saturated heterocycles. The second kappa shape index (κ2) is 29.5. The minimum absolute atomic E-state index is 0.188. The molecule has 388 valence electrons. The molecular weight excluding hydrogens is 961 g/mol. The van der Waals surface area contributed by atoms with Crippen molar-refractivity contribution in [2.45, 2.75) is 221 Å². The Balaban J connectivity index is 1.13. The molecule has 0 N–H and O–H groups in total. The van der Waals surface area contributed by atoms with Crippen LogP contribution in [0.4, 0.5) is 8.78 Å². The molecule has 11 heteroatoms. The maximum absolute atomic E-state index is 16.8. The first-order valence-electron chi connectivity index (χ1n) is 28.0. The Morgan fingerprint density at radius 1 is 0.423 bits per heavy atom. The molecule has 0 saturated carbocycles. The SMILES string of the molecule is CCCCCCCCCCCCCCn1nc2c(-c3ccc(C)s3)c(F)c(F)c(-c3ccc(-c4cc5c(OCCCCCCCCCC)c6sc(C)cc6c(OCCCCCCCCCC)c5s4)s3)c2n1. The van der Waals surface area contributed by atoms with Crippen LogP contribution < -0.4 is 9.47 Å². The summed E-state index contributed by atoms with van der Waals surface area (Å²) in [5, 5.41) is 12.1. The van der Waals surface area contributed by atoms with Gasteiger partial charge >= 0.3 is 0 Å². The topological polar surface area (TPSA) is 49.2 Å². The molecule has 7 aromatic rings. The van der Waals surface area contributed by atoms with E-state index in [1.54, 1.807) is 27.5 Å². The van der Waals surface area contributed by atoms with Gasteiger partial charge in [-0.25, -0.2) is 8.78 Å². The third kappa shape index (κ3) is 15.4. The van der Waals surface area contributed by atoms with Gasteiger partial charge in [-0.15, -0.1) is 45.3 Å². The average Bonchev–Trinajstić information content (AvgIpc) is 4.23. The Morgan fingerprint density at radius 3 is 1.31 bits per heavy atom. The number of thiophene rings is 4. The lowest BCUT2D eigenvalue weighted by Crippen LogP contribution is -2.02. The second-order valence-corrected chi connectivity index (χ2v) is 24.8. The molecule has 5 heterocycles. The van der Waals surface area contributed by atoms with E-state index >= 15 is 8.78 Å². The Bertz CT molecular complexity index is 2590. The number of nitrogens with zero attached hydrogens (tertiary/aromatic N) is 3. The van der Waals surface area contributed by atoms with Crippen LogP contribution in [-0.4, -0.2) is 28.2 Å². The minimum atomic E-state index is -0.871. The maximum atomic E-state index is 16.8. The van der Waals surface area contributed by atoms with Gasteiger partial charge in [0.05, 0.1) is 40.3 Å². The molecule has 7 rings (SSSR count). The van der Waals surface area contributed by atoms with Crippen LogP contribution >= 0.6 is 45.3 Å². The van der Waals surface area contributed by atoms with E-state index in [4.69, 9.17) is 19.7 Å². The zero-order valence-electron chi connectivity index (χ0n) is 43.9. The normalized spacial score (nSPS) is 11.9. The number of hydrogen-bond acceptors (Lipinski definition) is 8. The standard InChI is InChI=1S/C60H83F2N3O2S4/c1-6-9-12-15-18-21-22-23-24-25-28-31-38-65-63-55-51(48-35-34-43(4)68-48)53(61)54(62)52(56(55)64-65)49-37-36-47(70-49)50-42-46-58(67-40-33-30-27-20-17-14-11-8-3)59-45(41-44(5)69-59)57(60(46)71-50)66-39-32-29-26-19-16-13-10-7-2/h34-37,41-42H,6-33,38-40H2,1-5H3. The molecule has 0 radical (unpaired) electrons. The molecule has 5 nitrogen and oxygen atoms in total. The van der Waals surface area contributed by atoms with Crippen LogP contribution in [0.15, 0.2) is 36.4 Å². The number of unbranched alkanes of at least 4 members (excludes halogenated alkanes) is 25. The number of benzene rings is 2. The van der Waals surface area contributed by atoms with Crippen LogP contribution in [0.25, 0.3) is 61.8 Å². The summed E-state index contributed by atoms with van der Waals surface area (Å²) in [4.78, 5) is 7.30. The molecule has 5 aromatic heterocycles. The van der Waals surface area contributed by atoms with Crippen molar-refractivity contribution in [3.63, 3.8) is 0 Å². The second-order valence-electron chi connectivity index (χ2n) is 20.1. The zero-order valence-corrected chi connectivity index (χ0v) is 47.2. The van der Waals surface area contributed by atoms with Crippen LogP contribution in [0.3, 0.4) is 0 Å². The van der Waals surface area contributed by atoms with Crippen molar-refractivity contribution < 1.29 is 18.3 Å². The first-order chi connectivity index (χ1) is 34.8. The monoisotopic (exact) mass is 1040 g/mol. The van der Waals surface area contributed by atoms with Crippen LogP contribution in [-0.2, 0) is 6.54 Å². The van der Waals surface area contributed by atoms with E-state index < -0.39 is 11.6 Å². The largest absolute Gasteiger partial charge is 0.491 e. The van der Waals surface area contributed by atoms with E-state index in [9.17, 15) is 0 Å². The maximum Gasteiger partial charge on any atom is 0.170 e.